The van der Waals surface area contributed by atoms with Crippen molar-refractivity contribution in [3.8, 4) is 6.07 Å². The van der Waals surface area contributed by atoms with Gasteiger partial charge >= 0.3 is 5.97 Å². The maximum Gasteiger partial charge on any atom is 0.312 e. The van der Waals surface area contributed by atoms with Gasteiger partial charge in [-0.25, -0.2) is 0 Å². The minimum absolute atomic E-state index is 0.0823. The van der Waals surface area contributed by atoms with Crippen LogP contribution in [0.3, 0.4) is 0 Å². The summed E-state index contributed by atoms with van der Waals surface area (Å²) < 4.78 is 10.2. The fourth-order valence-corrected chi connectivity index (χ4v) is 4.43. The maximum atomic E-state index is 12.1. The normalized spacial score (nSPS) is 12.6. The standard InChI is InChI=1S/C19H15N3O4S/c20-9-13-11-5-3-7-16(11)27-19(13)21-17(23)10-25-18(24)8-14-12-4-1-2-6-15(12)26-22-14/h1-2,4,6H,3,5,7-8,10H2,(H,21,23). The summed E-state index contributed by atoms with van der Waals surface area (Å²) in [6.45, 7) is -0.415. The van der Waals surface area contributed by atoms with Crippen LogP contribution in [0.5, 0.6) is 0 Å². The van der Waals surface area contributed by atoms with Crippen molar-refractivity contribution in [2.45, 2.75) is 25.7 Å². The Morgan fingerprint density at radius 2 is 2.19 bits per heavy atom. The van der Waals surface area contributed by atoms with Gasteiger partial charge in [0.1, 0.15) is 16.8 Å². The van der Waals surface area contributed by atoms with Crippen molar-refractivity contribution in [1.82, 2.24) is 5.16 Å². The van der Waals surface area contributed by atoms with Crippen LogP contribution in [-0.2, 0) is 33.6 Å². The van der Waals surface area contributed by atoms with E-state index in [1.165, 1.54) is 11.3 Å². The Labute approximate surface area is 158 Å². The van der Waals surface area contributed by atoms with E-state index >= 15 is 0 Å². The first-order valence-corrected chi connectivity index (χ1v) is 9.30. The van der Waals surface area contributed by atoms with Crippen LogP contribution in [0, 0.1) is 11.3 Å². The summed E-state index contributed by atoms with van der Waals surface area (Å²) in [5.41, 5.74) is 2.62. The van der Waals surface area contributed by atoms with Crippen LogP contribution in [0.2, 0.25) is 0 Å². The minimum Gasteiger partial charge on any atom is -0.455 e. The van der Waals surface area contributed by atoms with Gasteiger partial charge in [0.05, 0.1) is 12.0 Å². The molecule has 0 unspecified atom stereocenters. The Balaban J connectivity index is 1.34. The zero-order chi connectivity index (χ0) is 18.8. The number of nitrogens with zero attached hydrogens (tertiary/aromatic N) is 2. The van der Waals surface area contributed by atoms with Gasteiger partial charge in [-0.3, -0.25) is 9.59 Å². The molecule has 0 bridgehead atoms. The molecule has 2 heterocycles. The van der Waals surface area contributed by atoms with Gasteiger partial charge in [-0.15, -0.1) is 11.3 Å². The summed E-state index contributed by atoms with van der Waals surface area (Å²) in [7, 11) is 0. The lowest BCUT2D eigenvalue weighted by Gasteiger charge is -2.05. The van der Waals surface area contributed by atoms with Crippen LogP contribution in [0.1, 0.15) is 28.1 Å². The van der Waals surface area contributed by atoms with E-state index in [2.05, 4.69) is 16.5 Å². The molecule has 0 atom stereocenters. The molecule has 2 aromatic heterocycles. The molecular formula is C19H15N3O4S. The van der Waals surface area contributed by atoms with Crippen LogP contribution >= 0.6 is 11.3 Å². The number of nitrogens with one attached hydrogen (secondary N) is 1. The van der Waals surface area contributed by atoms with Crippen LogP contribution in [-0.4, -0.2) is 23.6 Å². The molecule has 8 heteroatoms. The molecule has 3 aromatic rings. The number of hydrogen-bond donors (Lipinski definition) is 1. The Morgan fingerprint density at radius 3 is 3.04 bits per heavy atom. The molecule has 136 valence electrons. The molecule has 1 aromatic carbocycles. The van der Waals surface area contributed by atoms with Gasteiger partial charge in [-0.1, -0.05) is 17.3 Å². The third kappa shape index (κ3) is 3.41. The van der Waals surface area contributed by atoms with Gasteiger partial charge in [-0.05, 0) is 37.0 Å². The van der Waals surface area contributed by atoms with Crippen LogP contribution in [0.4, 0.5) is 5.00 Å². The summed E-state index contributed by atoms with van der Waals surface area (Å²) in [5.74, 6) is -1.04. The van der Waals surface area contributed by atoms with E-state index in [9.17, 15) is 14.9 Å². The number of esters is 1. The smallest absolute Gasteiger partial charge is 0.312 e. The largest absolute Gasteiger partial charge is 0.455 e. The fourth-order valence-electron chi connectivity index (χ4n) is 3.17. The van der Waals surface area contributed by atoms with Crippen molar-refractivity contribution < 1.29 is 18.8 Å². The monoisotopic (exact) mass is 381 g/mol. The number of benzene rings is 1. The molecule has 1 N–H and O–H groups in total. The second-order valence-electron chi connectivity index (χ2n) is 6.18. The third-order valence-corrected chi connectivity index (χ3v) is 5.62. The summed E-state index contributed by atoms with van der Waals surface area (Å²) in [4.78, 5) is 25.3. The number of aryl methyl sites for hydroxylation is 1. The zero-order valence-corrected chi connectivity index (χ0v) is 15.1. The topological polar surface area (TPSA) is 105 Å². The van der Waals surface area contributed by atoms with Crippen LogP contribution in [0.15, 0.2) is 28.8 Å². The molecule has 0 fully saturated rings. The van der Waals surface area contributed by atoms with Crippen LogP contribution < -0.4 is 5.32 Å². The third-order valence-electron chi connectivity index (χ3n) is 4.41. The second kappa shape index (κ2) is 7.21. The summed E-state index contributed by atoms with van der Waals surface area (Å²) >= 11 is 1.42. The number of hydrogen-bond acceptors (Lipinski definition) is 7. The van der Waals surface area contributed by atoms with E-state index in [1.807, 2.05) is 12.1 Å². The molecule has 0 saturated carbocycles. The van der Waals surface area contributed by atoms with Crippen molar-refractivity contribution in [3.05, 3.63) is 46.0 Å². The molecule has 1 aliphatic rings. The molecule has 1 aliphatic carbocycles. The van der Waals surface area contributed by atoms with Crippen molar-refractivity contribution in [2.75, 3.05) is 11.9 Å². The predicted octanol–water partition coefficient (Wildman–Crippen LogP) is 2.97. The highest BCUT2D eigenvalue weighted by atomic mass is 32.1. The average Bonchev–Trinajstić information content (AvgIpc) is 3.35. The van der Waals surface area contributed by atoms with Crippen molar-refractivity contribution in [3.63, 3.8) is 0 Å². The summed E-state index contributed by atoms with van der Waals surface area (Å²) in [6.07, 6.45) is 2.76. The number of ether oxygens (including phenoxy) is 1. The molecular weight excluding hydrogens is 366 g/mol. The quantitative estimate of drug-likeness (QED) is 0.681. The minimum atomic E-state index is -0.571. The van der Waals surface area contributed by atoms with E-state index in [0.29, 0.717) is 21.8 Å². The number of carbonyl (C=O) groups excluding carboxylic acids is 2. The number of amides is 1. The number of fused-ring (bicyclic) bond motifs is 2. The molecule has 7 nitrogen and oxygen atoms in total. The lowest BCUT2D eigenvalue weighted by atomic mass is 10.1. The number of thiophene rings is 1. The highest BCUT2D eigenvalue weighted by molar-refractivity contribution is 7.16. The molecule has 1 amide bonds. The molecule has 4 rings (SSSR count). The fraction of sp³-hybridized carbons (Fsp3) is 0.263. The number of anilines is 1. The number of carbonyl (C=O) groups is 2. The van der Waals surface area contributed by atoms with Crippen molar-refractivity contribution in [1.29, 1.82) is 5.26 Å². The Hall–Kier alpha value is -3.18. The Kier molecular flexibility index (Phi) is 4.60. The zero-order valence-electron chi connectivity index (χ0n) is 14.3. The van der Waals surface area contributed by atoms with Crippen molar-refractivity contribution in [2.24, 2.45) is 0 Å². The lowest BCUT2D eigenvalue weighted by Crippen LogP contribution is -2.21. The molecule has 27 heavy (non-hydrogen) atoms. The van der Waals surface area contributed by atoms with E-state index in [0.717, 1.165) is 35.1 Å². The SMILES string of the molecule is N#Cc1c(NC(=O)COC(=O)Cc2noc3ccccc23)sc2c1CCC2. The first-order chi connectivity index (χ1) is 13.2. The first kappa shape index (κ1) is 17.2. The Morgan fingerprint density at radius 1 is 1.33 bits per heavy atom. The number of para-hydroxylation sites is 1. The van der Waals surface area contributed by atoms with Gasteiger partial charge in [0.2, 0.25) is 0 Å². The number of nitriles is 1. The van der Waals surface area contributed by atoms with Gasteiger partial charge < -0.3 is 14.6 Å². The second-order valence-corrected chi connectivity index (χ2v) is 7.29. The predicted molar refractivity (Wildman–Crippen MR) is 98.4 cm³/mol. The summed E-state index contributed by atoms with van der Waals surface area (Å²) in [6, 6.07) is 9.37. The first-order valence-electron chi connectivity index (χ1n) is 8.49. The van der Waals surface area contributed by atoms with Gasteiger partial charge in [0, 0.05) is 10.3 Å². The maximum absolute atomic E-state index is 12.1. The van der Waals surface area contributed by atoms with E-state index in [-0.39, 0.29) is 6.42 Å². The highest BCUT2D eigenvalue weighted by Crippen LogP contribution is 2.38. The van der Waals surface area contributed by atoms with Crippen molar-refractivity contribution >= 4 is 39.2 Å². The number of rotatable bonds is 5. The molecule has 0 aliphatic heterocycles. The lowest BCUT2D eigenvalue weighted by molar-refractivity contribution is -0.146. The highest BCUT2D eigenvalue weighted by Gasteiger charge is 2.23. The molecule has 0 spiro atoms. The van der Waals surface area contributed by atoms with E-state index < -0.39 is 18.5 Å². The van der Waals surface area contributed by atoms with Gasteiger partial charge in [0.15, 0.2) is 12.2 Å². The van der Waals surface area contributed by atoms with E-state index in [4.69, 9.17) is 9.26 Å². The summed E-state index contributed by atoms with van der Waals surface area (Å²) in [5, 5.41) is 17.2. The van der Waals surface area contributed by atoms with Gasteiger partial charge in [-0.2, -0.15) is 5.26 Å². The van der Waals surface area contributed by atoms with Crippen LogP contribution in [0.25, 0.3) is 11.0 Å². The average molecular weight is 381 g/mol. The Bertz CT molecular complexity index is 1080. The molecule has 0 radical (unpaired) electrons. The van der Waals surface area contributed by atoms with E-state index in [1.54, 1.807) is 12.1 Å². The molecule has 0 saturated heterocycles. The van der Waals surface area contributed by atoms with Gasteiger partial charge in [0.25, 0.3) is 5.91 Å². The number of aromatic nitrogens is 1.